The Kier molecular flexibility index (Phi) is 32.9. The molecule has 0 radical (unpaired) electrons. The zero-order chi connectivity index (χ0) is 30.1. The first-order valence-electron chi connectivity index (χ1n) is 18.7. The van der Waals surface area contributed by atoms with Gasteiger partial charge in [0.2, 0.25) is 0 Å². The molecule has 0 aliphatic heterocycles. The molecule has 0 spiro atoms. The van der Waals surface area contributed by atoms with Crippen LogP contribution in [0.25, 0.3) is 0 Å². The minimum atomic E-state index is 0.0525. The number of carbonyl (C=O) groups excluding carboxylic acids is 1. The third kappa shape index (κ3) is 38.0. The number of quaternary nitrogens is 1. The molecular weight excluding hydrogens is 521 g/mol. The van der Waals surface area contributed by atoms with Gasteiger partial charge in [-0.05, 0) is 6.42 Å². The first kappa shape index (κ1) is 41.0. The van der Waals surface area contributed by atoms with Crippen molar-refractivity contribution >= 4 is 14.3 Å². The Balaban J connectivity index is 3.11. The molecular formula is C37H77NO2P+. The zero-order valence-corrected chi connectivity index (χ0v) is 29.9. The molecule has 0 N–H and O–H groups in total. The van der Waals surface area contributed by atoms with Crippen LogP contribution >= 0.6 is 8.81 Å². The summed E-state index contributed by atoms with van der Waals surface area (Å²) in [4.78, 5) is 11.9. The largest absolute Gasteiger partial charge is 0.349 e. The second-order valence-electron chi connectivity index (χ2n) is 14.0. The molecule has 0 aliphatic rings. The fraction of sp³-hybridized carbons (Fsp3) is 0.973. The van der Waals surface area contributed by atoms with Gasteiger partial charge in [0.15, 0.2) is 5.52 Å². The van der Waals surface area contributed by atoms with Crippen molar-refractivity contribution in [2.75, 3.05) is 34.3 Å². The van der Waals surface area contributed by atoms with E-state index >= 15 is 0 Å². The second kappa shape index (κ2) is 32.9. The van der Waals surface area contributed by atoms with Crippen molar-refractivity contribution in [3.8, 4) is 0 Å². The van der Waals surface area contributed by atoms with Crippen LogP contribution in [-0.4, -0.2) is 44.3 Å². The summed E-state index contributed by atoms with van der Waals surface area (Å²) in [5.41, 5.74) is 0.302. The van der Waals surface area contributed by atoms with Crippen molar-refractivity contribution in [3.05, 3.63) is 0 Å². The lowest BCUT2D eigenvalue weighted by Gasteiger charge is -2.23. The lowest BCUT2D eigenvalue weighted by atomic mass is 10.0. The molecule has 41 heavy (non-hydrogen) atoms. The Morgan fingerprint density at radius 1 is 0.463 bits per heavy atom. The normalized spacial score (nSPS) is 12.2. The Bertz CT molecular complexity index is 520. The van der Waals surface area contributed by atoms with E-state index in [1.54, 1.807) is 0 Å². The van der Waals surface area contributed by atoms with Crippen LogP contribution in [0.4, 0.5) is 0 Å². The fourth-order valence-corrected chi connectivity index (χ4v) is 6.27. The molecule has 0 saturated carbocycles. The summed E-state index contributed by atoms with van der Waals surface area (Å²) in [6, 6.07) is 0. The summed E-state index contributed by atoms with van der Waals surface area (Å²) in [5, 5.41) is 0. The molecule has 1 unspecified atom stereocenters. The van der Waals surface area contributed by atoms with Crippen LogP contribution in [0.3, 0.4) is 0 Å². The Morgan fingerprint density at radius 3 is 1.00 bits per heavy atom. The molecule has 0 amide bonds. The van der Waals surface area contributed by atoms with Crippen molar-refractivity contribution in [1.82, 2.24) is 0 Å². The summed E-state index contributed by atoms with van der Waals surface area (Å²) in [7, 11) is 6.50. The molecule has 1 atom stereocenters. The minimum absolute atomic E-state index is 0.0525. The number of hydrogen-bond donors (Lipinski definition) is 0. The van der Waals surface area contributed by atoms with Gasteiger partial charge in [0, 0.05) is 6.42 Å². The SMILES string of the molecule is CCCCCCCCCCCCCCCCCCCCCCCCCCCCCCCC(=O)POCC[N+](C)(C)C. The predicted molar refractivity (Wildman–Crippen MR) is 186 cm³/mol. The highest BCUT2D eigenvalue weighted by atomic mass is 31.1. The lowest BCUT2D eigenvalue weighted by molar-refractivity contribution is -0.870. The maximum absolute atomic E-state index is 11.9. The average molecular weight is 599 g/mol. The van der Waals surface area contributed by atoms with Crippen molar-refractivity contribution in [3.63, 3.8) is 0 Å². The predicted octanol–water partition coefficient (Wildman–Crippen LogP) is 12.6. The topological polar surface area (TPSA) is 26.3 Å². The van der Waals surface area contributed by atoms with E-state index in [4.69, 9.17) is 4.52 Å². The molecule has 0 aromatic heterocycles. The van der Waals surface area contributed by atoms with Gasteiger partial charge >= 0.3 is 0 Å². The van der Waals surface area contributed by atoms with Gasteiger partial charge in [-0.2, -0.15) is 0 Å². The molecule has 0 saturated heterocycles. The third-order valence-corrected chi connectivity index (χ3v) is 9.38. The summed E-state index contributed by atoms with van der Waals surface area (Å²) in [5.74, 6) is 0. The molecule has 0 aliphatic carbocycles. The van der Waals surface area contributed by atoms with Crippen molar-refractivity contribution < 1.29 is 13.8 Å². The quantitative estimate of drug-likeness (QED) is 0.0412. The van der Waals surface area contributed by atoms with Crippen LogP contribution < -0.4 is 0 Å². The molecule has 0 aromatic rings. The van der Waals surface area contributed by atoms with Crippen molar-refractivity contribution in [2.24, 2.45) is 0 Å². The van der Waals surface area contributed by atoms with Gasteiger partial charge in [-0.25, -0.2) is 0 Å². The molecule has 0 heterocycles. The highest BCUT2D eigenvalue weighted by Crippen LogP contribution is 2.19. The maximum Gasteiger partial charge on any atom is 0.178 e. The molecule has 0 rings (SSSR count). The van der Waals surface area contributed by atoms with Gasteiger partial charge in [0.1, 0.15) is 13.2 Å². The average Bonchev–Trinajstić information content (AvgIpc) is 2.94. The number of rotatable bonds is 35. The molecule has 4 heteroatoms. The van der Waals surface area contributed by atoms with Gasteiger partial charge < -0.3 is 9.01 Å². The van der Waals surface area contributed by atoms with Crippen molar-refractivity contribution in [1.29, 1.82) is 0 Å². The van der Waals surface area contributed by atoms with E-state index in [0.29, 0.717) is 18.6 Å². The highest BCUT2D eigenvalue weighted by molar-refractivity contribution is 7.53. The number of carbonyl (C=O) groups is 1. The van der Waals surface area contributed by atoms with E-state index in [9.17, 15) is 4.79 Å². The van der Waals surface area contributed by atoms with Gasteiger partial charge in [0.25, 0.3) is 0 Å². The standard InChI is InChI=1S/C37H77NO2P/c1-5-6-7-8-9-10-11-12-13-14-15-16-17-18-19-20-21-22-23-24-25-26-27-28-29-30-31-32-33-34-37(39)41-40-36-35-38(2,3)4/h41H,5-36H2,1-4H3/q+1. The molecule has 3 nitrogen and oxygen atoms in total. The monoisotopic (exact) mass is 599 g/mol. The van der Waals surface area contributed by atoms with Crippen LogP contribution in [0.2, 0.25) is 0 Å². The van der Waals surface area contributed by atoms with E-state index in [2.05, 4.69) is 28.1 Å². The van der Waals surface area contributed by atoms with E-state index in [-0.39, 0.29) is 8.81 Å². The van der Waals surface area contributed by atoms with Gasteiger partial charge in [-0.3, -0.25) is 4.79 Å². The molecule has 0 bridgehead atoms. The Labute approximate surface area is 261 Å². The van der Waals surface area contributed by atoms with Crippen LogP contribution in [0.1, 0.15) is 200 Å². The minimum Gasteiger partial charge on any atom is -0.349 e. The fourth-order valence-electron chi connectivity index (χ4n) is 5.63. The van der Waals surface area contributed by atoms with Gasteiger partial charge in [-0.1, -0.05) is 187 Å². The lowest BCUT2D eigenvalue weighted by Crippen LogP contribution is -2.37. The number of unbranched alkanes of at least 4 members (excludes halogenated alkanes) is 28. The van der Waals surface area contributed by atoms with Crippen LogP contribution in [0, 0.1) is 0 Å². The Hall–Kier alpha value is 0.0200. The number of nitrogens with zero attached hydrogens (tertiary/aromatic N) is 1. The zero-order valence-electron chi connectivity index (χ0n) is 28.9. The van der Waals surface area contributed by atoms with Gasteiger partial charge in [0.05, 0.1) is 30.0 Å². The summed E-state index contributed by atoms with van der Waals surface area (Å²) < 4.78 is 6.44. The highest BCUT2D eigenvalue weighted by Gasteiger charge is 2.08. The van der Waals surface area contributed by atoms with E-state index in [0.717, 1.165) is 17.4 Å². The van der Waals surface area contributed by atoms with E-state index in [1.165, 1.54) is 180 Å². The van der Waals surface area contributed by atoms with Crippen LogP contribution in [0.15, 0.2) is 0 Å². The van der Waals surface area contributed by atoms with Crippen molar-refractivity contribution in [2.45, 2.75) is 200 Å². The summed E-state index contributed by atoms with van der Waals surface area (Å²) in [6.07, 6.45) is 42.0. The first-order valence-corrected chi connectivity index (χ1v) is 19.6. The number of likely N-dealkylation sites (N-methyl/N-ethyl adjacent to an activating group) is 1. The summed E-state index contributed by atoms with van der Waals surface area (Å²) in [6.45, 7) is 3.95. The molecule has 0 aromatic carbocycles. The van der Waals surface area contributed by atoms with Gasteiger partial charge in [-0.15, -0.1) is 0 Å². The van der Waals surface area contributed by atoms with E-state index in [1.807, 2.05) is 0 Å². The van der Waals surface area contributed by atoms with E-state index < -0.39 is 0 Å². The smallest absolute Gasteiger partial charge is 0.178 e. The molecule has 246 valence electrons. The van der Waals surface area contributed by atoms with Crippen LogP contribution in [-0.2, 0) is 9.32 Å². The maximum atomic E-state index is 11.9. The third-order valence-electron chi connectivity index (χ3n) is 8.56. The second-order valence-corrected chi connectivity index (χ2v) is 15.1. The first-order chi connectivity index (χ1) is 20.0. The van der Waals surface area contributed by atoms with Crippen LogP contribution in [0.5, 0.6) is 0 Å². The molecule has 0 fully saturated rings. The number of hydrogen-bond acceptors (Lipinski definition) is 2. The summed E-state index contributed by atoms with van der Waals surface area (Å²) >= 11 is 0. The Morgan fingerprint density at radius 2 is 0.732 bits per heavy atom.